The molecule has 0 fully saturated rings. The van der Waals surface area contributed by atoms with E-state index < -0.39 is 0 Å². The van der Waals surface area contributed by atoms with Gasteiger partial charge in [-0.1, -0.05) is 11.8 Å². The van der Waals surface area contributed by atoms with Gasteiger partial charge in [-0.15, -0.1) is 0 Å². The molecule has 2 heteroatoms. The monoisotopic (exact) mass is 223 g/mol. The van der Waals surface area contributed by atoms with Crippen molar-refractivity contribution < 1.29 is 4.74 Å². The number of rotatable bonds is 1. The van der Waals surface area contributed by atoms with Crippen LogP contribution in [0.1, 0.15) is 11.1 Å². The van der Waals surface area contributed by atoms with Crippen molar-refractivity contribution >= 4 is 5.69 Å². The number of ether oxygens (including phenoxy) is 1. The van der Waals surface area contributed by atoms with Gasteiger partial charge in [0.15, 0.2) is 0 Å². The standard InChI is InChI=1S/C15H13NO/c1-17-15-10-6-13(7-11-15)3-2-12-4-8-14(16)9-5-12/h4-11H,16H2,1H3. The van der Waals surface area contributed by atoms with Gasteiger partial charge >= 0.3 is 0 Å². The third kappa shape index (κ3) is 3.02. The number of nitrogen functional groups attached to an aromatic ring is 1. The Morgan fingerprint density at radius 1 is 0.824 bits per heavy atom. The summed E-state index contributed by atoms with van der Waals surface area (Å²) in [7, 11) is 1.65. The molecule has 0 aliphatic heterocycles. The van der Waals surface area contributed by atoms with Gasteiger partial charge in [-0.05, 0) is 48.5 Å². The third-order valence-electron chi connectivity index (χ3n) is 2.35. The highest BCUT2D eigenvalue weighted by molar-refractivity contribution is 5.48. The van der Waals surface area contributed by atoms with Crippen LogP contribution in [0.15, 0.2) is 48.5 Å². The molecule has 17 heavy (non-hydrogen) atoms. The molecule has 2 rings (SSSR count). The maximum Gasteiger partial charge on any atom is 0.118 e. The summed E-state index contributed by atoms with van der Waals surface area (Å²) in [6.45, 7) is 0. The zero-order valence-electron chi connectivity index (χ0n) is 9.60. The van der Waals surface area contributed by atoms with Crippen molar-refractivity contribution in [3.8, 4) is 17.6 Å². The van der Waals surface area contributed by atoms with Crippen LogP contribution >= 0.6 is 0 Å². The number of hydrogen-bond donors (Lipinski definition) is 1. The van der Waals surface area contributed by atoms with Crippen molar-refractivity contribution in [1.82, 2.24) is 0 Å². The highest BCUT2D eigenvalue weighted by atomic mass is 16.5. The zero-order chi connectivity index (χ0) is 12.1. The molecule has 84 valence electrons. The lowest BCUT2D eigenvalue weighted by atomic mass is 10.1. The van der Waals surface area contributed by atoms with Crippen molar-refractivity contribution in [2.45, 2.75) is 0 Å². The average Bonchev–Trinajstić information content (AvgIpc) is 2.39. The second-order valence-electron chi connectivity index (χ2n) is 3.60. The summed E-state index contributed by atoms with van der Waals surface area (Å²) in [4.78, 5) is 0. The fourth-order valence-corrected chi connectivity index (χ4v) is 1.39. The second-order valence-corrected chi connectivity index (χ2v) is 3.60. The van der Waals surface area contributed by atoms with E-state index in [1.54, 1.807) is 7.11 Å². The minimum atomic E-state index is 0.750. The summed E-state index contributed by atoms with van der Waals surface area (Å²) in [5.41, 5.74) is 8.27. The second kappa shape index (κ2) is 5.09. The number of nitrogens with two attached hydrogens (primary N) is 1. The van der Waals surface area contributed by atoms with Crippen molar-refractivity contribution in [1.29, 1.82) is 0 Å². The number of hydrogen-bond acceptors (Lipinski definition) is 2. The molecule has 0 spiro atoms. The number of methoxy groups -OCH3 is 1. The Hall–Kier alpha value is -2.40. The smallest absolute Gasteiger partial charge is 0.118 e. The largest absolute Gasteiger partial charge is 0.497 e. The summed E-state index contributed by atoms with van der Waals surface area (Å²) in [6.07, 6.45) is 0. The SMILES string of the molecule is COc1ccc(C#Cc2ccc(N)cc2)cc1. The minimum Gasteiger partial charge on any atom is -0.497 e. The number of benzene rings is 2. The van der Waals surface area contributed by atoms with Crippen molar-refractivity contribution in [3.63, 3.8) is 0 Å². The fourth-order valence-electron chi connectivity index (χ4n) is 1.39. The van der Waals surface area contributed by atoms with Crippen LogP contribution in [0.2, 0.25) is 0 Å². The minimum absolute atomic E-state index is 0.750. The predicted molar refractivity (Wildman–Crippen MR) is 69.8 cm³/mol. The van der Waals surface area contributed by atoms with E-state index >= 15 is 0 Å². The van der Waals surface area contributed by atoms with Crippen LogP contribution in [0.25, 0.3) is 0 Å². The van der Waals surface area contributed by atoms with Crippen molar-refractivity contribution in [2.75, 3.05) is 12.8 Å². The Bertz CT molecular complexity index is 544. The summed E-state index contributed by atoms with van der Waals surface area (Å²) in [5, 5.41) is 0. The van der Waals surface area contributed by atoms with Gasteiger partial charge in [0.1, 0.15) is 5.75 Å². The van der Waals surface area contributed by atoms with Gasteiger partial charge in [0.05, 0.1) is 7.11 Å². The van der Waals surface area contributed by atoms with Crippen LogP contribution in [0.3, 0.4) is 0 Å². The van der Waals surface area contributed by atoms with Crippen LogP contribution in [0.5, 0.6) is 5.75 Å². The molecule has 2 aromatic rings. The zero-order valence-corrected chi connectivity index (χ0v) is 9.60. The van der Waals surface area contributed by atoms with Crippen molar-refractivity contribution in [2.24, 2.45) is 0 Å². The van der Waals surface area contributed by atoms with Crippen LogP contribution in [-0.4, -0.2) is 7.11 Å². The molecule has 0 saturated heterocycles. The maximum atomic E-state index is 5.60. The molecule has 0 atom stereocenters. The molecule has 0 amide bonds. The molecule has 0 saturated carbocycles. The summed E-state index contributed by atoms with van der Waals surface area (Å²) in [5.74, 6) is 7.00. The van der Waals surface area contributed by atoms with Gasteiger partial charge in [-0.25, -0.2) is 0 Å². The maximum absolute atomic E-state index is 5.60. The first-order valence-electron chi connectivity index (χ1n) is 5.29. The van der Waals surface area contributed by atoms with E-state index in [0.717, 1.165) is 22.6 Å². The van der Waals surface area contributed by atoms with Crippen LogP contribution < -0.4 is 10.5 Å². The Morgan fingerprint density at radius 2 is 1.29 bits per heavy atom. The lowest BCUT2D eigenvalue weighted by Crippen LogP contribution is -1.84. The first-order chi connectivity index (χ1) is 8.28. The molecule has 0 aliphatic rings. The van der Waals surface area contributed by atoms with E-state index in [1.807, 2.05) is 48.5 Å². The molecule has 0 heterocycles. The van der Waals surface area contributed by atoms with Crippen molar-refractivity contribution in [3.05, 3.63) is 59.7 Å². The predicted octanol–water partition coefficient (Wildman–Crippen LogP) is 2.68. The summed E-state index contributed by atoms with van der Waals surface area (Å²) < 4.78 is 5.08. The fraction of sp³-hybridized carbons (Fsp3) is 0.0667. The van der Waals surface area contributed by atoms with E-state index in [9.17, 15) is 0 Å². The molecule has 2 aromatic carbocycles. The van der Waals surface area contributed by atoms with E-state index in [1.165, 1.54) is 0 Å². The Balaban J connectivity index is 2.17. The van der Waals surface area contributed by atoms with Gasteiger partial charge in [-0.2, -0.15) is 0 Å². The third-order valence-corrected chi connectivity index (χ3v) is 2.35. The normalized spacial score (nSPS) is 9.24. The van der Waals surface area contributed by atoms with E-state index in [-0.39, 0.29) is 0 Å². The first-order valence-corrected chi connectivity index (χ1v) is 5.29. The van der Waals surface area contributed by atoms with Gasteiger partial charge in [0, 0.05) is 16.8 Å². The lowest BCUT2D eigenvalue weighted by Gasteiger charge is -1.97. The van der Waals surface area contributed by atoms with Crippen LogP contribution in [0, 0.1) is 11.8 Å². The molecule has 0 bridgehead atoms. The van der Waals surface area contributed by atoms with E-state index in [4.69, 9.17) is 10.5 Å². The number of anilines is 1. The summed E-state index contributed by atoms with van der Waals surface area (Å²) >= 11 is 0. The Kier molecular flexibility index (Phi) is 3.32. The van der Waals surface area contributed by atoms with Gasteiger partial charge in [0.25, 0.3) is 0 Å². The molecule has 2 nitrogen and oxygen atoms in total. The molecule has 0 unspecified atom stereocenters. The highest BCUT2D eigenvalue weighted by Gasteiger charge is 1.90. The average molecular weight is 223 g/mol. The quantitative estimate of drug-likeness (QED) is 0.596. The molecular formula is C15H13NO. The van der Waals surface area contributed by atoms with Gasteiger partial charge in [-0.3, -0.25) is 0 Å². The molecule has 0 radical (unpaired) electrons. The Morgan fingerprint density at radius 3 is 1.76 bits per heavy atom. The van der Waals surface area contributed by atoms with E-state index in [2.05, 4.69) is 11.8 Å². The molecular weight excluding hydrogens is 210 g/mol. The Labute approximate surface area is 101 Å². The topological polar surface area (TPSA) is 35.2 Å². The summed E-state index contributed by atoms with van der Waals surface area (Å²) in [6, 6.07) is 15.2. The van der Waals surface area contributed by atoms with Crippen LogP contribution in [0.4, 0.5) is 5.69 Å². The van der Waals surface area contributed by atoms with E-state index in [0.29, 0.717) is 0 Å². The van der Waals surface area contributed by atoms with Crippen LogP contribution in [-0.2, 0) is 0 Å². The molecule has 0 aliphatic carbocycles. The molecule has 2 N–H and O–H groups in total. The molecule has 0 aromatic heterocycles. The highest BCUT2D eigenvalue weighted by Crippen LogP contribution is 2.10. The lowest BCUT2D eigenvalue weighted by molar-refractivity contribution is 0.415. The first kappa shape index (κ1) is 11.1. The van der Waals surface area contributed by atoms with Gasteiger partial charge in [0.2, 0.25) is 0 Å². The van der Waals surface area contributed by atoms with Gasteiger partial charge < -0.3 is 10.5 Å².